The number of methoxy groups -OCH3 is 2. The Balaban J connectivity index is 1.83. The average Bonchev–Trinajstić information content (AvgIpc) is 3.31. The van der Waals surface area contributed by atoms with Crippen LogP contribution in [-0.4, -0.2) is 51.9 Å². The molecule has 32 heavy (non-hydrogen) atoms. The summed E-state index contributed by atoms with van der Waals surface area (Å²) < 4.78 is 42.3. The first-order chi connectivity index (χ1) is 15.3. The number of benzene rings is 2. The molecule has 0 atom stereocenters. The lowest BCUT2D eigenvalue weighted by molar-refractivity contribution is 0.102. The molecule has 11 heteroatoms. The normalized spacial score (nSPS) is 11.3. The van der Waals surface area contributed by atoms with Crippen molar-refractivity contribution in [1.82, 2.24) is 9.29 Å². The third kappa shape index (κ3) is 5.18. The highest BCUT2D eigenvalue weighted by Gasteiger charge is 2.20. The zero-order chi connectivity index (χ0) is 23.3. The molecule has 1 amide bonds. The van der Waals surface area contributed by atoms with Gasteiger partial charge in [-0.3, -0.25) is 4.79 Å². The second-order valence-electron chi connectivity index (χ2n) is 6.74. The molecule has 1 heterocycles. The number of ether oxygens (including phenoxy) is 3. The van der Waals surface area contributed by atoms with Gasteiger partial charge in [-0.15, -0.1) is 11.3 Å². The van der Waals surface area contributed by atoms with Crippen molar-refractivity contribution in [2.24, 2.45) is 0 Å². The first kappa shape index (κ1) is 23.5. The van der Waals surface area contributed by atoms with Crippen LogP contribution in [0.15, 0.2) is 52.2 Å². The van der Waals surface area contributed by atoms with Crippen LogP contribution in [0.4, 0.5) is 5.69 Å². The molecule has 0 radical (unpaired) electrons. The molecule has 1 N–H and O–H groups in total. The molecule has 0 saturated heterocycles. The molecule has 3 aromatic rings. The SMILES string of the molecule is COc1ccc(S(=O)(=O)N(C)C)cc1NC(=O)c1ccc(OCc2cscn2)c(OC)c1. The number of anilines is 1. The van der Waals surface area contributed by atoms with Gasteiger partial charge in [0, 0.05) is 25.0 Å². The summed E-state index contributed by atoms with van der Waals surface area (Å²) in [5.41, 5.74) is 3.03. The summed E-state index contributed by atoms with van der Waals surface area (Å²) in [6, 6.07) is 9.02. The fraction of sp³-hybridized carbons (Fsp3) is 0.238. The molecule has 0 spiro atoms. The minimum Gasteiger partial charge on any atom is -0.495 e. The number of nitrogens with one attached hydrogen (secondary N) is 1. The van der Waals surface area contributed by atoms with Gasteiger partial charge < -0.3 is 19.5 Å². The molecule has 0 bridgehead atoms. The van der Waals surface area contributed by atoms with Crippen molar-refractivity contribution in [2.45, 2.75) is 11.5 Å². The van der Waals surface area contributed by atoms with Crippen molar-refractivity contribution in [3.8, 4) is 17.2 Å². The molecule has 0 aliphatic rings. The predicted molar refractivity (Wildman–Crippen MR) is 121 cm³/mol. The highest BCUT2D eigenvalue weighted by Crippen LogP contribution is 2.31. The van der Waals surface area contributed by atoms with Crippen LogP contribution in [-0.2, 0) is 16.6 Å². The lowest BCUT2D eigenvalue weighted by Crippen LogP contribution is -2.22. The Labute approximate surface area is 190 Å². The molecule has 1 aromatic heterocycles. The van der Waals surface area contributed by atoms with Gasteiger partial charge in [-0.1, -0.05) is 0 Å². The minimum atomic E-state index is -3.68. The Morgan fingerprint density at radius 3 is 2.41 bits per heavy atom. The van der Waals surface area contributed by atoms with E-state index in [0.717, 1.165) is 10.00 Å². The van der Waals surface area contributed by atoms with Crippen LogP contribution in [0, 0.1) is 0 Å². The molecule has 0 fully saturated rings. The Bertz CT molecular complexity index is 1190. The highest BCUT2D eigenvalue weighted by molar-refractivity contribution is 7.89. The standard InChI is InChI=1S/C21H23N3O6S2/c1-24(2)32(26,27)16-6-8-18(28-3)17(10-16)23-21(25)14-5-7-19(20(9-14)29-4)30-11-15-12-31-13-22-15/h5-10,12-13H,11H2,1-4H3,(H,23,25). The minimum absolute atomic E-state index is 0.0296. The van der Waals surface area contributed by atoms with E-state index in [1.807, 2.05) is 5.38 Å². The number of thiazole rings is 1. The summed E-state index contributed by atoms with van der Waals surface area (Å²) in [6.07, 6.45) is 0. The largest absolute Gasteiger partial charge is 0.495 e. The van der Waals surface area contributed by atoms with Crippen molar-refractivity contribution in [2.75, 3.05) is 33.6 Å². The van der Waals surface area contributed by atoms with Gasteiger partial charge >= 0.3 is 0 Å². The van der Waals surface area contributed by atoms with Crippen LogP contribution in [0.25, 0.3) is 0 Å². The molecule has 0 aliphatic carbocycles. The van der Waals surface area contributed by atoms with Crippen LogP contribution >= 0.6 is 11.3 Å². The molecule has 0 aliphatic heterocycles. The molecule has 9 nitrogen and oxygen atoms in total. The highest BCUT2D eigenvalue weighted by atomic mass is 32.2. The fourth-order valence-electron chi connectivity index (χ4n) is 2.74. The van der Waals surface area contributed by atoms with Crippen LogP contribution in [0.3, 0.4) is 0 Å². The fourth-order valence-corrected chi connectivity index (χ4v) is 4.21. The molecule has 0 saturated carbocycles. The van der Waals surface area contributed by atoms with E-state index in [4.69, 9.17) is 14.2 Å². The number of carbonyl (C=O) groups excluding carboxylic acids is 1. The molecular formula is C21H23N3O6S2. The van der Waals surface area contributed by atoms with Crippen molar-refractivity contribution in [3.05, 3.63) is 58.5 Å². The van der Waals surface area contributed by atoms with Crippen molar-refractivity contribution in [3.63, 3.8) is 0 Å². The Morgan fingerprint density at radius 2 is 1.78 bits per heavy atom. The van der Waals surface area contributed by atoms with E-state index in [9.17, 15) is 13.2 Å². The molecule has 170 valence electrons. The van der Waals surface area contributed by atoms with Crippen LogP contribution < -0.4 is 19.5 Å². The lowest BCUT2D eigenvalue weighted by Gasteiger charge is -2.16. The summed E-state index contributed by atoms with van der Waals surface area (Å²) >= 11 is 1.47. The van der Waals surface area contributed by atoms with Gasteiger partial charge in [0.05, 0.1) is 36.0 Å². The number of hydrogen-bond donors (Lipinski definition) is 1. The van der Waals surface area contributed by atoms with Gasteiger partial charge in [-0.05, 0) is 36.4 Å². The third-order valence-electron chi connectivity index (χ3n) is 4.48. The molecular weight excluding hydrogens is 454 g/mol. The average molecular weight is 478 g/mol. The number of amides is 1. The van der Waals surface area contributed by atoms with Crippen molar-refractivity contribution >= 4 is 33.0 Å². The Kier molecular flexibility index (Phi) is 7.33. The van der Waals surface area contributed by atoms with Crippen LogP contribution in [0.2, 0.25) is 0 Å². The number of nitrogens with zero attached hydrogens (tertiary/aromatic N) is 2. The zero-order valence-electron chi connectivity index (χ0n) is 18.0. The smallest absolute Gasteiger partial charge is 0.255 e. The predicted octanol–water partition coefficient (Wildman–Crippen LogP) is 3.24. The summed E-state index contributed by atoms with van der Waals surface area (Å²) in [4.78, 5) is 17.1. The van der Waals surface area contributed by atoms with E-state index in [2.05, 4.69) is 10.3 Å². The molecule has 2 aromatic carbocycles. The molecule has 3 rings (SSSR count). The maximum Gasteiger partial charge on any atom is 0.255 e. The first-order valence-corrected chi connectivity index (χ1v) is 11.7. The summed E-state index contributed by atoms with van der Waals surface area (Å²) in [7, 11) is 2.10. The number of rotatable bonds is 9. The number of hydrogen-bond acceptors (Lipinski definition) is 8. The molecule has 0 unspecified atom stereocenters. The monoisotopic (exact) mass is 477 g/mol. The lowest BCUT2D eigenvalue weighted by atomic mass is 10.1. The van der Waals surface area contributed by atoms with Crippen molar-refractivity contribution < 1.29 is 27.4 Å². The summed E-state index contributed by atoms with van der Waals surface area (Å²) in [5, 5.41) is 4.58. The number of sulfonamides is 1. The second-order valence-corrected chi connectivity index (χ2v) is 9.61. The topological polar surface area (TPSA) is 107 Å². The van der Waals surface area contributed by atoms with Gasteiger partial charge in [0.1, 0.15) is 12.4 Å². The van der Waals surface area contributed by atoms with E-state index in [1.54, 1.807) is 23.7 Å². The van der Waals surface area contributed by atoms with E-state index in [1.165, 1.54) is 57.9 Å². The second kappa shape index (κ2) is 9.98. The third-order valence-corrected chi connectivity index (χ3v) is 6.93. The van der Waals surface area contributed by atoms with Crippen molar-refractivity contribution in [1.29, 1.82) is 0 Å². The zero-order valence-corrected chi connectivity index (χ0v) is 19.6. The van der Waals surface area contributed by atoms with Gasteiger partial charge in [-0.2, -0.15) is 0 Å². The summed E-state index contributed by atoms with van der Waals surface area (Å²) in [6.45, 7) is 0.274. The number of aromatic nitrogens is 1. The van der Waals surface area contributed by atoms with Gasteiger partial charge in [0.2, 0.25) is 10.0 Å². The van der Waals surface area contributed by atoms with Crippen LogP contribution in [0.1, 0.15) is 16.1 Å². The van der Waals surface area contributed by atoms with E-state index in [-0.39, 0.29) is 17.2 Å². The van der Waals surface area contributed by atoms with Gasteiger partial charge in [0.25, 0.3) is 5.91 Å². The maximum atomic E-state index is 12.9. The van der Waals surface area contributed by atoms with E-state index in [0.29, 0.717) is 22.8 Å². The maximum absolute atomic E-state index is 12.9. The summed E-state index contributed by atoms with van der Waals surface area (Å²) in [5.74, 6) is 0.704. The van der Waals surface area contributed by atoms with Gasteiger partial charge in [0.15, 0.2) is 11.5 Å². The Hall–Kier alpha value is -3.15. The quantitative estimate of drug-likeness (QED) is 0.504. The van der Waals surface area contributed by atoms with E-state index < -0.39 is 15.9 Å². The first-order valence-electron chi connectivity index (χ1n) is 9.36. The van der Waals surface area contributed by atoms with Gasteiger partial charge in [-0.25, -0.2) is 17.7 Å². The van der Waals surface area contributed by atoms with E-state index >= 15 is 0 Å². The van der Waals surface area contributed by atoms with Crippen LogP contribution in [0.5, 0.6) is 17.2 Å². The Morgan fingerprint density at radius 1 is 1.06 bits per heavy atom. The number of carbonyl (C=O) groups is 1.